The van der Waals surface area contributed by atoms with Crippen molar-refractivity contribution in [1.82, 2.24) is 19.8 Å². The number of hydrogen-bond donors (Lipinski definition) is 1. The van der Waals surface area contributed by atoms with Crippen LogP contribution in [0.25, 0.3) is 10.9 Å². The van der Waals surface area contributed by atoms with E-state index < -0.39 is 6.10 Å². The Kier molecular flexibility index (Phi) is 5.68. The minimum atomic E-state index is -0.682. The zero-order valence-corrected chi connectivity index (χ0v) is 18.0. The third-order valence-corrected chi connectivity index (χ3v) is 5.97. The molecule has 1 unspecified atom stereocenters. The third kappa shape index (κ3) is 4.39. The minimum absolute atomic E-state index is 0.0240. The average Bonchev–Trinajstić information content (AvgIpc) is 2.86. The molecule has 0 aliphatic carbocycles. The van der Waals surface area contributed by atoms with Crippen molar-refractivity contribution in [1.29, 1.82) is 0 Å². The Bertz CT molecular complexity index is 1250. The number of amides is 2. The molecule has 0 spiro atoms. The van der Waals surface area contributed by atoms with E-state index >= 15 is 0 Å². The van der Waals surface area contributed by atoms with Crippen LogP contribution >= 0.6 is 0 Å². The van der Waals surface area contributed by atoms with Crippen molar-refractivity contribution in [3.8, 4) is 11.5 Å². The molecule has 1 fully saturated rings. The molecule has 1 saturated heterocycles. The number of carbonyl (C=O) groups excluding carboxylic acids is 2. The number of nitrogens with one attached hydrogen (secondary N) is 1. The number of ether oxygens (including phenoxy) is 2. The van der Waals surface area contributed by atoms with Gasteiger partial charge in [-0.15, -0.1) is 0 Å². The smallest absolute Gasteiger partial charge is 0.267 e. The highest BCUT2D eigenvalue weighted by molar-refractivity contribution is 5.83. The van der Waals surface area contributed by atoms with E-state index in [1.807, 2.05) is 24.3 Å². The van der Waals surface area contributed by atoms with Crippen molar-refractivity contribution < 1.29 is 19.1 Å². The summed E-state index contributed by atoms with van der Waals surface area (Å²) in [4.78, 5) is 48.4. The number of aryl methyl sites for hydroxylation is 1. The van der Waals surface area contributed by atoms with Crippen molar-refractivity contribution in [3.63, 3.8) is 0 Å². The van der Waals surface area contributed by atoms with E-state index in [1.165, 1.54) is 0 Å². The number of hydrogen-bond acceptors (Lipinski definition) is 6. The molecule has 5 rings (SSSR count). The Morgan fingerprint density at radius 3 is 2.48 bits per heavy atom. The van der Waals surface area contributed by atoms with Crippen LogP contribution in [-0.4, -0.2) is 70.5 Å². The maximum Gasteiger partial charge on any atom is 0.267 e. The summed E-state index contributed by atoms with van der Waals surface area (Å²) in [6.07, 6.45) is -0.0889. The zero-order valence-electron chi connectivity index (χ0n) is 18.0. The highest BCUT2D eigenvalue weighted by atomic mass is 16.6. The summed E-state index contributed by atoms with van der Waals surface area (Å²) in [5.41, 5.74) is 0.416. The third-order valence-electron chi connectivity index (χ3n) is 5.97. The van der Waals surface area contributed by atoms with Gasteiger partial charge in [0, 0.05) is 39.0 Å². The van der Waals surface area contributed by atoms with Crippen LogP contribution < -0.4 is 15.0 Å². The second kappa shape index (κ2) is 8.93. The Morgan fingerprint density at radius 2 is 1.67 bits per heavy atom. The highest BCUT2D eigenvalue weighted by Crippen LogP contribution is 2.31. The molecule has 2 amide bonds. The van der Waals surface area contributed by atoms with Crippen molar-refractivity contribution >= 4 is 22.7 Å². The normalized spacial score (nSPS) is 17.8. The van der Waals surface area contributed by atoms with Gasteiger partial charge in [-0.2, -0.15) is 0 Å². The van der Waals surface area contributed by atoms with Gasteiger partial charge in [0.05, 0.1) is 10.9 Å². The van der Waals surface area contributed by atoms with Crippen molar-refractivity contribution in [2.75, 3.05) is 32.8 Å². The average molecular weight is 448 g/mol. The van der Waals surface area contributed by atoms with Gasteiger partial charge in [-0.3, -0.25) is 14.4 Å². The lowest BCUT2D eigenvalue weighted by atomic mass is 10.2. The number of carbonyl (C=O) groups is 2. The number of aromatic amines is 1. The first-order chi connectivity index (χ1) is 16.1. The van der Waals surface area contributed by atoms with E-state index in [1.54, 1.807) is 34.1 Å². The van der Waals surface area contributed by atoms with E-state index in [4.69, 9.17) is 9.47 Å². The van der Waals surface area contributed by atoms with E-state index in [0.29, 0.717) is 60.8 Å². The van der Waals surface area contributed by atoms with Gasteiger partial charge in [0.2, 0.25) is 12.0 Å². The van der Waals surface area contributed by atoms with Gasteiger partial charge in [-0.1, -0.05) is 24.3 Å². The minimum Gasteiger partial charge on any atom is -0.485 e. The van der Waals surface area contributed by atoms with Crippen LogP contribution in [0.15, 0.2) is 53.3 Å². The van der Waals surface area contributed by atoms with Crippen LogP contribution in [0, 0.1) is 0 Å². The molecule has 1 aromatic heterocycles. The fourth-order valence-corrected chi connectivity index (χ4v) is 4.16. The van der Waals surface area contributed by atoms with Crippen molar-refractivity contribution in [3.05, 3.63) is 64.7 Å². The molecule has 9 heteroatoms. The predicted molar refractivity (Wildman–Crippen MR) is 120 cm³/mol. The van der Waals surface area contributed by atoms with Gasteiger partial charge in [-0.05, 0) is 24.3 Å². The van der Waals surface area contributed by atoms with Crippen molar-refractivity contribution in [2.24, 2.45) is 0 Å². The lowest BCUT2D eigenvalue weighted by molar-refractivity contribution is -0.146. The first kappa shape index (κ1) is 21.0. The second-order valence-corrected chi connectivity index (χ2v) is 8.10. The summed E-state index contributed by atoms with van der Waals surface area (Å²) in [7, 11) is 0. The first-order valence-corrected chi connectivity index (χ1v) is 11.0. The number of fused-ring (bicyclic) bond motifs is 2. The van der Waals surface area contributed by atoms with E-state index in [2.05, 4.69) is 9.97 Å². The van der Waals surface area contributed by atoms with E-state index in [0.717, 1.165) is 0 Å². The number of benzene rings is 2. The Hall–Kier alpha value is -3.88. The van der Waals surface area contributed by atoms with Crippen LogP contribution in [-0.2, 0) is 16.0 Å². The van der Waals surface area contributed by atoms with Gasteiger partial charge >= 0.3 is 0 Å². The van der Waals surface area contributed by atoms with Gasteiger partial charge in [0.1, 0.15) is 12.4 Å². The summed E-state index contributed by atoms with van der Waals surface area (Å²) in [5.74, 6) is 1.55. The molecular formula is C24H24N4O5. The monoisotopic (exact) mass is 448 g/mol. The van der Waals surface area contributed by atoms with Gasteiger partial charge in [0.15, 0.2) is 11.5 Å². The molecule has 9 nitrogen and oxygen atoms in total. The quantitative estimate of drug-likeness (QED) is 0.646. The lowest BCUT2D eigenvalue weighted by Gasteiger charge is -2.37. The van der Waals surface area contributed by atoms with Crippen molar-refractivity contribution in [2.45, 2.75) is 18.9 Å². The SMILES string of the molecule is O=C(CCc1nc2ccccc2c(=O)[nH]1)N1CCN(C(=O)C2COc3ccccc3O2)CC1. The topological polar surface area (TPSA) is 105 Å². The molecule has 170 valence electrons. The van der Waals surface area contributed by atoms with Crippen LogP contribution in [0.4, 0.5) is 0 Å². The molecular weight excluding hydrogens is 424 g/mol. The number of piperazine rings is 1. The van der Waals surface area contributed by atoms with E-state index in [-0.39, 0.29) is 30.4 Å². The summed E-state index contributed by atoms with van der Waals surface area (Å²) >= 11 is 0. The highest BCUT2D eigenvalue weighted by Gasteiger charge is 2.33. The molecule has 3 aromatic rings. The Balaban J connectivity index is 1.13. The number of nitrogens with zero attached hydrogens (tertiary/aromatic N) is 3. The van der Waals surface area contributed by atoms with E-state index in [9.17, 15) is 14.4 Å². The van der Waals surface area contributed by atoms with Crippen LogP contribution in [0.2, 0.25) is 0 Å². The number of aromatic nitrogens is 2. The number of para-hydroxylation sites is 3. The van der Waals surface area contributed by atoms with Crippen LogP contribution in [0.3, 0.4) is 0 Å². The van der Waals surface area contributed by atoms with Gasteiger partial charge in [0.25, 0.3) is 11.5 Å². The molecule has 1 atom stereocenters. The molecule has 0 radical (unpaired) electrons. The molecule has 2 aliphatic rings. The molecule has 3 heterocycles. The standard InChI is InChI=1S/C24H24N4O5/c29-22(10-9-21-25-17-6-2-1-5-16(17)23(30)26-21)27-11-13-28(14-12-27)24(31)20-15-32-18-7-3-4-8-19(18)33-20/h1-8,20H,9-15H2,(H,25,26,30). The molecule has 0 saturated carbocycles. The Labute approximate surface area is 189 Å². The predicted octanol–water partition coefficient (Wildman–Crippen LogP) is 1.37. The fraction of sp³-hybridized carbons (Fsp3) is 0.333. The summed E-state index contributed by atoms with van der Waals surface area (Å²) in [6, 6.07) is 14.4. The van der Waals surface area contributed by atoms with Gasteiger partial charge < -0.3 is 24.3 Å². The molecule has 33 heavy (non-hydrogen) atoms. The van der Waals surface area contributed by atoms with Crippen LogP contribution in [0.5, 0.6) is 11.5 Å². The zero-order chi connectivity index (χ0) is 22.8. The molecule has 2 aromatic carbocycles. The summed E-state index contributed by atoms with van der Waals surface area (Å²) < 4.78 is 11.5. The molecule has 0 bridgehead atoms. The summed E-state index contributed by atoms with van der Waals surface area (Å²) in [6.45, 7) is 1.97. The summed E-state index contributed by atoms with van der Waals surface area (Å²) in [5, 5.41) is 0.532. The second-order valence-electron chi connectivity index (χ2n) is 8.10. The molecule has 2 aliphatic heterocycles. The molecule has 1 N–H and O–H groups in total. The lowest BCUT2D eigenvalue weighted by Crippen LogP contribution is -2.55. The first-order valence-electron chi connectivity index (χ1n) is 11.0. The number of rotatable bonds is 4. The maximum absolute atomic E-state index is 12.9. The van der Waals surface area contributed by atoms with Crippen LogP contribution in [0.1, 0.15) is 12.2 Å². The Morgan fingerprint density at radius 1 is 0.970 bits per heavy atom. The number of H-pyrrole nitrogens is 1. The van der Waals surface area contributed by atoms with Gasteiger partial charge in [-0.25, -0.2) is 4.98 Å². The fourth-order valence-electron chi connectivity index (χ4n) is 4.16. The largest absolute Gasteiger partial charge is 0.485 e. The maximum atomic E-state index is 12.9.